The average Bonchev–Trinajstić information content (AvgIpc) is 3.10. The molecule has 0 saturated heterocycles. The van der Waals surface area contributed by atoms with Gasteiger partial charge in [0.05, 0.1) is 9.37 Å². The van der Waals surface area contributed by atoms with Gasteiger partial charge in [0, 0.05) is 16.7 Å². The van der Waals surface area contributed by atoms with E-state index >= 15 is 0 Å². The number of carbonyl (C=O) groups excluding carboxylic acids is 1. The number of hydrogen-bond donors (Lipinski definition) is 1. The van der Waals surface area contributed by atoms with Crippen molar-refractivity contribution >= 4 is 41.6 Å². The van der Waals surface area contributed by atoms with Crippen LogP contribution in [0.25, 0.3) is 0 Å². The third kappa shape index (κ3) is 4.36. The molecule has 0 aromatic heterocycles. The third-order valence-corrected chi connectivity index (χ3v) is 4.46. The van der Waals surface area contributed by atoms with Crippen molar-refractivity contribution in [3.63, 3.8) is 0 Å². The Morgan fingerprint density at radius 3 is 2.68 bits per heavy atom. The second kappa shape index (κ2) is 5.68. The second-order valence-electron chi connectivity index (χ2n) is 4.16. The van der Waals surface area contributed by atoms with Gasteiger partial charge in [0.1, 0.15) is 5.75 Å². The van der Waals surface area contributed by atoms with Crippen LogP contribution in [0.1, 0.15) is 12.8 Å². The highest BCUT2D eigenvalue weighted by Crippen LogP contribution is 2.29. The summed E-state index contributed by atoms with van der Waals surface area (Å²) in [4.78, 5) is 11.4. The van der Waals surface area contributed by atoms with E-state index in [9.17, 15) is 13.2 Å². The predicted octanol–water partition coefficient (Wildman–Crippen LogP) is 2.03. The van der Waals surface area contributed by atoms with E-state index in [0.29, 0.717) is 10.2 Å². The first-order valence-electron chi connectivity index (χ1n) is 5.52. The Morgan fingerprint density at radius 1 is 1.47 bits per heavy atom. The molecule has 104 valence electrons. The van der Waals surface area contributed by atoms with Crippen LogP contribution in [0.2, 0.25) is 0 Å². The molecular formula is C11H11BrClNO4S. The van der Waals surface area contributed by atoms with Gasteiger partial charge in [-0.2, -0.15) is 0 Å². The predicted molar refractivity (Wildman–Crippen MR) is 73.8 cm³/mol. The molecule has 19 heavy (non-hydrogen) atoms. The molecule has 0 heterocycles. The summed E-state index contributed by atoms with van der Waals surface area (Å²) < 4.78 is 28.0. The van der Waals surface area contributed by atoms with Gasteiger partial charge >= 0.3 is 0 Å². The standard InChI is InChI=1S/C11H11BrClNO4S/c12-9-5-8(19(13,16)17)3-4-10(9)18-6-11(15)14-7-1-2-7/h3-5,7H,1-2,6H2,(H,14,15). The van der Waals surface area contributed by atoms with Gasteiger partial charge < -0.3 is 10.1 Å². The van der Waals surface area contributed by atoms with Gasteiger partial charge in [0.2, 0.25) is 0 Å². The Morgan fingerprint density at radius 2 is 2.16 bits per heavy atom. The SMILES string of the molecule is O=C(COc1ccc(S(=O)(=O)Cl)cc1Br)NC1CC1. The van der Waals surface area contributed by atoms with Crippen LogP contribution in [0.4, 0.5) is 0 Å². The number of amides is 1. The number of hydrogen-bond acceptors (Lipinski definition) is 4. The molecule has 0 bridgehead atoms. The molecule has 1 aromatic rings. The van der Waals surface area contributed by atoms with E-state index in [0.717, 1.165) is 12.8 Å². The van der Waals surface area contributed by atoms with Crippen LogP contribution in [0.5, 0.6) is 5.75 Å². The second-order valence-corrected chi connectivity index (χ2v) is 7.58. The highest BCUT2D eigenvalue weighted by molar-refractivity contribution is 9.10. The van der Waals surface area contributed by atoms with Gasteiger partial charge in [-0.15, -0.1) is 0 Å². The van der Waals surface area contributed by atoms with E-state index in [2.05, 4.69) is 21.2 Å². The first-order valence-corrected chi connectivity index (χ1v) is 8.63. The normalized spacial score (nSPS) is 15.1. The lowest BCUT2D eigenvalue weighted by Crippen LogP contribution is -2.30. The van der Waals surface area contributed by atoms with Crippen LogP contribution in [0.15, 0.2) is 27.6 Å². The average molecular weight is 369 g/mol. The van der Waals surface area contributed by atoms with Gasteiger partial charge in [-0.25, -0.2) is 8.42 Å². The molecular weight excluding hydrogens is 358 g/mol. The van der Waals surface area contributed by atoms with Crippen LogP contribution < -0.4 is 10.1 Å². The van der Waals surface area contributed by atoms with Crippen LogP contribution in [-0.4, -0.2) is 27.0 Å². The van der Waals surface area contributed by atoms with Gasteiger partial charge in [-0.3, -0.25) is 4.79 Å². The highest BCUT2D eigenvalue weighted by atomic mass is 79.9. The lowest BCUT2D eigenvalue weighted by atomic mass is 10.3. The zero-order valence-electron chi connectivity index (χ0n) is 9.73. The summed E-state index contributed by atoms with van der Waals surface area (Å²) in [5.41, 5.74) is 0. The summed E-state index contributed by atoms with van der Waals surface area (Å²) in [5.74, 6) is 0.193. The number of rotatable bonds is 5. The minimum absolute atomic E-state index is 0.0316. The number of benzene rings is 1. The van der Waals surface area contributed by atoms with Crippen molar-refractivity contribution in [2.75, 3.05) is 6.61 Å². The molecule has 1 N–H and O–H groups in total. The molecule has 0 spiro atoms. The molecule has 5 nitrogen and oxygen atoms in total. The molecule has 1 amide bonds. The van der Waals surface area contributed by atoms with E-state index in [1.165, 1.54) is 18.2 Å². The monoisotopic (exact) mass is 367 g/mol. The molecule has 1 fully saturated rings. The Kier molecular flexibility index (Phi) is 4.37. The molecule has 0 atom stereocenters. The number of ether oxygens (including phenoxy) is 1. The first-order chi connectivity index (χ1) is 8.86. The van der Waals surface area contributed by atoms with E-state index < -0.39 is 9.05 Å². The molecule has 0 radical (unpaired) electrons. The summed E-state index contributed by atoms with van der Waals surface area (Å²) >= 11 is 3.17. The van der Waals surface area contributed by atoms with Gasteiger partial charge in [-0.05, 0) is 47.0 Å². The fraction of sp³-hybridized carbons (Fsp3) is 0.364. The zero-order valence-corrected chi connectivity index (χ0v) is 12.9. The molecule has 8 heteroatoms. The maximum absolute atomic E-state index is 11.4. The first kappa shape index (κ1) is 14.6. The van der Waals surface area contributed by atoms with Crippen LogP contribution in [0.3, 0.4) is 0 Å². The maximum atomic E-state index is 11.4. The maximum Gasteiger partial charge on any atom is 0.261 e. The minimum Gasteiger partial charge on any atom is -0.483 e. The highest BCUT2D eigenvalue weighted by Gasteiger charge is 2.23. The van der Waals surface area contributed by atoms with Gasteiger partial charge in [0.15, 0.2) is 6.61 Å². The fourth-order valence-corrected chi connectivity index (χ4v) is 2.81. The van der Waals surface area contributed by atoms with E-state index in [1.807, 2.05) is 0 Å². The lowest BCUT2D eigenvalue weighted by molar-refractivity contribution is -0.123. The van der Waals surface area contributed by atoms with Crippen LogP contribution in [-0.2, 0) is 13.8 Å². The molecule has 1 aliphatic rings. The Bertz CT molecular complexity index is 601. The summed E-state index contributed by atoms with van der Waals surface area (Å²) in [6, 6.07) is 4.38. The quantitative estimate of drug-likeness (QED) is 0.807. The summed E-state index contributed by atoms with van der Waals surface area (Å²) in [6.45, 7) is -0.109. The molecule has 1 saturated carbocycles. The van der Waals surface area contributed by atoms with Crippen molar-refractivity contribution in [2.45, 2.75) is 23.8 Å². The Balaban J connectivity index is 1.98. The molecule has 0 unspecified atom stereocenters. The molecule has 1 aromatic carbocycles. The lowest BCUT2D eigenvalue weighted by Gasteiger charge is -2.09. The van der Waals surface area contributed by atoms with Crippen molar-refractivity contribution in [3.8, 4) is 5.75 Å². The smallest absolute Gasteiger partial charge is 0.261 e. The Hall–Kier alpha value is -0.790. The zero-order chi connectivity index (χ0) is 14.0. The largest absolute Gasteiger partial charge is 0.483 e. The number of halogens is 2. The van der Waals surface area contributed by atoms with Crippen molar-refractivity contribution in [2.24, 2.45) is 0 Å². The topological polar surface area (TPSA) is 72.5 Å². The van der Waals surface area contributed by atoms with Crippen molar-refractivity contribution in [1.29, 1.82) is 0 Å². The van der Waals surface area contributed by atoms with Gasteiger partial charge in [-0.1, -0.05) is 0 Å². The van der Waals surface area contributed by atoms with E-state index in [-0.39, 0.29) is 23.5 Å². The number of nitrogens with one attached hydrogen (secondary N) is 1. The van der Waals surface area contributed by atoms with Crippen molar-refractivity contribution in [1.82, 2.24) is 5.32 Å². The van der Waals surface area contributed by atoms with Crippen LogP contribution >= 0.6 is 26.6 Å². The molecule has 0 aliphatic heterocycles. The summed E-state index contributed by atoms with van der Waals surface area (Å²) in [7, 11) is 1.45. The minimum atomic E-state index is -3.77. The number of carbonyl (C=O) groups is 1. The molecule has 1 aliphatic carbocycles. The summed E-state index contributed by atoms with van der Waals surface area (Å²) in [6.07, 6.45) is 2.02. The molecule has 2 rings (SSSR count). The van der Waals surface area contributed by atoms with Crippen molar-refractivity contribution in [3.05, 3.63) is 22.7 Å². The van der Waals surface area contributed by atoms with E-state index in [1.54, 1.807) is 0 Å². The Labute approximate surface area is 123 Å². The third-order valence-electron chi connectivity index (χ3n) is 2.49. The van der Waals surface area contributed by atoms with Crippen LogP contribution in [0, 0.1) is 0 Å². The van der Waals surface area contributed by atoms with Gasteiger partial charge in [0.25, 0.3) is 15.0 Å². The summed E-state index contributed by atoms with van der Waals surface area (Å²) in [5, 5.41) is 2.78. The van der Waals surface area contributed by atoms with Crippen molar-refractivity contribution < 1.29 is 17.9 Å². The van der Waals surface area contributed by atoms with E-state index in [4.69, 9.17) is 15.4 Å². The fourth-order valence-electron chi connectivity index (χ4n) is 1.39.